The van der Waals surface area contributed by atoms with Gasteiger partial charge in [0, 0.05) is 12.6 Å². The fourth-order valence-electron chi connectivity index (χ4n) is 2.23. The van der Waals surface area contributed by atoms with Gasteiger partial charge in [-0.1, -0.05) is 38.1 Å². The lowest BCUT2D eigenvalue weighted by Gasteiger charge is -2.06. The van der Waals surface area contributed by atoms with Gasteiger partial charge in [0.2, 0.25) is 5.91 Å². The molecule has 0 fully saturated rings. The summed E-state index contributed by atoms with van der Waals surface area (Å²) >= 11 is 3.45. The van der Waals surface area contributed by atoms with E-state index in [2.05, 4.69) is 52.3 Å². The van der Waals surface area contributed by atoms with Crippen LogP contribution in [-0.2, 0) is 17.9 Å². The van der Waals surface area contributed by atoms with E-state index in [0.29, 0.717) is 12.5 Å². The molecule has 0 unspecified atom stereocenters. The van der Waals surface area contributed by atoms with Gasteiger partial charge in [0.15, 0.2) is 0 Å². The third kappa shape index (κ3) is 4.79. The summed E-state index contributed by atoms with van der Waals surface area (Å²) in [5.74, 6) is 0.395. The van der Waals surface area contributed by atoms with Crippen LogP contribution >= 0.6 is 15.9 Å². The van der Waals surface area contributed by atoms with Crippen molar-refractivity contribution in [2.24, 2.45) is 0 Å². The van der Waals surface area contributed by atoms with Crippen LogP contribution in [-0.4, -0.2) is 15.7 Å². The molecule has 0 aliphatic carbocycles. The number of hydrogen-bond acceptors (Lipinski definition) is 2. The summed E-state index contributed by atoms with van der Waals surface area (Å²) in [7, 11) is 0. The minimum atomic E-state index is -0.117. The molecule has 2 rings (SSSR count). The van der Waals surface area contributed by atoms with Gasteiger partial charge in [-0.3, -0.25) is 9.48 Å². The molecule has 1 heterocycles. The van der Waals surface area contributed by atoms with Gasteiger partial charge in [0.25, 0.3) is 0 Å². The van der Waals surface area contributed by atoms with Gasteiger partial charge in [-0.2, -0.15) is 5.10 Å². The summed E-state index contributed by atoms with van der Waals surface area (Å²) in [4.78, 5) is 12.0. The van der Waals surface area contributed by atoms with Crippen LogP contribution < -0.4 is 5.32 Å². The predicted molar refractivity (Wildman–Crippen MR) is 97.0 cm³/mol. The van der Waals surface area contributed by atoms with E-state index in [0.717, 1.165) is 22.3 Å². The average molecular weight is 376 g/mol. The highest BCUT2D eigenvalue weighted by Crippen LogP contribution is 2.16. The van der Waals surface area contributed by atoms with E-state index in [4.69, 9.17) is 0 Å². The Morgan fingerprint density at radius 3 is 2.65 bits per heavy atom. The summed E-state index contributed by atoms with van der Waals surface area (Å²) in [6, 6.07) is 8.25. The van der Waals surface area contributed by atoms with Crippen molar-refractivity contribution in [3.05, 3.63) is 57.8 Å². The number of benzene rings is 1. The number of amides is 1. The van der Waals surface area contributed by atoms with Crippen LogP contribution in [0.5, 0.6) is 0 Å². The van der Waals surface area contributed by atoms with E-state index in [1.54, 1.807) is 12.3 Å². The molecule has 5 heteroatoms. The fourth-order valence-corrected chi connectivity index (χ4v) is 2.67. The Morgan fingerprint density at radius 1 is 1.35 bits per heavy atom. The van der Waals surface area contributed by atoms with E-state index < -0.39 is 0 Å². The Bertz CT molecular complexity index is 687. The molecule has 4 nitrogen and oxygen atoms in total. The summed E-state index contributed by atoms with van der Waals surface area (Å²) in [5, 5.41) is 7.11. The van der Waals surface area contributed by atoms with Gasteiger partial charge in [-0.15, -0.1) is 0 Å². The fraction of sp³-hybridized carbons (Fsp3) is 0.333. The zero-order chi connectivity index (χ0) is 16.8. The molecule has 0 spiro atoms. The van der Waals surface area contributed by atoms with E-state index in [1.165, 1.54) is 5.56 Å². The molecule has 2 aromatic rings. The molecule has 0 aliphatic heterocycles. The van der Waals surface area contributed by atoms with E-state index in [9.17, 15) is 4.79 Å². The third-order valence-corrected chi connectivity index (χ3v) is 4.32. The number of hydrogen-bond donors (Lipinski definition) is 1. The molecular formula is C18H22BrN3O. The molecule has 1 aromatic heterocycles. The van der Waals surface area contributed by atoms with Gasteiger partial charge in [0.1, 0.15) is 0 Å². The summed E-state index contributed by atoms with van der Waals surface area (Å²) in [6.07, 6.45) is 5.13. The number of carbonyl (C=O) groups excluding carboxylic acids is 1. The monoisotopic (exact) mass is 375 g/mol. The first-order valence-corrected chi connectivity index (χ1v) is 8.56. The minimum Gasteiger partial charge on any atom is -0.347 e. The molecule has 1 N–H and O–H groups in total. The van der Waals surface area contributed by atoms with Crippen molar-refractivity contribution in [2.75, 3.05) is 0 Å². The highest BCUT2D eigenvalue weighted by Gasteiger charge is 2.08. The van der Waals surface area contributed by atoms with Gasteiger partial charge in [-0.25, -0.2) is 0 Å². The highest BCUT2D eigenvalue weighted by molar-refractivity contribution is 9.10. The molecule has 0 aliphatic rings. The maximum absolute atomic E-state index is 12.0. The van der Waals surface area contributed by atoms with Crippen LogP contribution in [0.25, 0.3) is 6.08 Å². The van der Waals surface area contributed by atoms with E-state index >= 15 is 0 Å². The van der Waals surface area contributed by atoms with Gasteiger partial charge >= 0.3 is 0 Å². The first-order valence-electron chi connectivity index (χ1n) is 7.77. The lowest BCUT2D eigenvalue weighted by molar-refractivity contribution is -0.116. The number of aryl methyl sites for hydroxylation is 1. The Hall–Kier alpha value is -1.88. The predicted octanol–water partition coefficient (Wildman–Crippen LogP) is 4.12. The SMILES string of the molecule is CCn1ncc(Br)c1CNC(=O)/C=C/c1ccc(C(C)C)cc1. The van der Waals surface area contributed by atoms with Crippen LogP contribution in [0.4, 0.5) is 0 Å². The Labute approximate surface area is 145 Å². The van der Waals surface area contributed by atoms with Gasteiger partial charge in [-0.05, 0) is 46.0 Å². The van der Waals surface area contributed by atoms with Crippen LogP contribution in [0, 0.1) is 0 Å². The van der Waals surface area contributed by atoms with E-state index in [-0.39, 0.29) is 5.91 Å². The summed E-state index contributed by atoms with van der Waals surface area (Å²) in [5.41, 5.74) is 3.28. The molecule has 23 heavy (non-hydrogen) atoms. The summed E-state index contributed by atoms with van der Waals surface area (Å²) < 4.78 is 2.77. The second-order valence-corrected chi connectivity index (χ2v) is 6.48. The molecule has 1 amide bonds. The molecule has 0 atom stereocenters. The van der Waals surface area contributed by atoms with Crippen molar-refractivity contribution in [1.29, 1.82) is 0 Å². The minimum absolute atomic E-state index is 0.117. The number of rotatable bonds is 6. The lowest BCUT2D eigenvalue weighted by Crippen LogP contribution is -2.22. The van der Waals surface area contributed by atoms with Crippen LogP contribution in [0.2, 0.25) is 0 Å². The maximum atomic E-state index is 12.0. The number of nitrogens with one attached hydrogen (secondary N) is 1. The first-order chi connectivity index (χ1) is 11.0. The zero-order valence-electron chi connectivity index (χ0n) is 13.7. The normalized spacial score (nSPS) is 11.3. The number of halogens is 1. The molecule has 122 valence electrons. The largest absolute Gasteiger partial charge is 0.347 e. The Balaban J connectivity index is 1.92. The van der Waals surface area contributed by atoms with Crippen LogP contribution in [0.1, 0.15) is 43.5 Å². The van der Waals surface area contributed by atoms with Crippen molar-refractivity contribution < 1.29 is 4.79 Å². The Kier molecular flexibility index (Phi) is 6.16. The van der Waals surface area contributed by atoms with Crippen molar-refractivity contribution in [3.8, 4) is 0 Å². The molecular weight excluding hydrogens is 354 g/mol. The van der Waals surface area contributed by atoms with Crippen molar-refractivity contribution in [2.45, 2.75) is 39.8 Å². The Morgan fingerprint density at radius 2 is 2.04 bits per heavy atom. The van der Waals surface area contributed by atoms with Gasteiger partial charge in [0.05, 0.1) is 22.9 Å². The average Bonchev–Trinajstić information content (AvgIpc) is 2.91. The second-order valence-electron chi connectivity index (χ2n) is 5.63. The smallest absolute Gasteiger partial charge is 0.244 e. The van der Waals surface area contributed by atoms with Gasteiger partial charge < -0.3 is 5.32 Å². The van der Waals surface area contributed by atoms with E-state index in [1.807, 2.05) is 29.8 Å². The molecule has 0 saturated carbocycles. The number of aromatic nitrogens is 2. The topological polar surface area (TPSA) is 46.9 Å². The molecule has 1 aromatic carbocycles. The summed E-state index contributed by atoms with van der Waals surface area (Å²) in [6.45, 7) is 7.57. The number of nitrogens with zero attached hydrogens (tertiary/aromatic N) is 2. The van der Waals surface area contributed by atoms with Crippen molar-refractivity contribution in [3.63, 3.8) is 0 Å². The van der Waals surface area contributed by atoms with Crippen LogP contribution in [0.3, 0.4) is 0 Å². The van der Waals surface area contributed by atoms with Crippen molar-refractivity contribution >= 4 is 27.9 Å². The van der Waals surface area contributed by atoms with Crippen LogP contribution in [0.15, 0.2) is 41.0 Å². The maximum Gasteiger partial charge on any atom is 0.244 e. The molecule has 0 radical (unpaired) electrons. The lowest BCUT2D eigenvalue weighted by atomic mass is 10.0. The van der Waals surface area contributed by atoms with Crippen molar-refractivity contribution in [1.82, 2.24) is 15.1 Å². The molecule has 0 saturated heterocycles. The molecule has 0 bridgehead atoms. The standard InChI is InChI=1S/C18H22BrN3O/c1-4-22-17(16(19)11-21-22)12-20-18(23)10-7-14-5-8-15(9-6-14)13(2)3/h5-11,13H,4,12H2,1-3H3,(H,20,23)/b10-7+. The highest BCUT2D eigenvalue weighted by atomic mass is 79.9. The third-order valence-electron chi connectivity index (χ3n) is 3.66. The zero-order valence-corrected chi connectivity index (χ0v) is 15.3. The number of carbonyl (C=O) groups is 1. The second kappa shape index (κ2) is 8.11. The quantitative estimate of drug-likeness (QED) is 0.771. The first kappa shape index (κ1) is 17.5.